The van der Waals surface area contributed by atoms with Crippen LogP contribution in [-0.4, -0.2) is 42.9 Å². The van der Waals surface area contributed by atoms with E-state index in [-0.39, 0.29) is 18.2 Å². The highest BCUT2D eigenvalue weighted by Gasteiger charge is 2.18. The predicted octanol–water partition coefficient (Wildman–Crippen LogP) is 4.05. The molecule has 0 aromatic heterocycles. The van der Waals surface area contributed by atoms with Crippen molar-refractivity contribution in [2.45, 2.75) is 41.2 Å². The number of hydrogen-bond donors (Lipinski definition) is 1. The van der Waals surface area contributed by atoms with E-state index in [2.05, 4.69) is 23.2 Å². The largest absolute Gasteiger partial charge is 0.486 e. The first-order valence-corrected chi connectivity index (χ1v) is 10.3. The molecule has 3 rings (SSSR count). The second-order valence-corrected chi connectivity index (χ2v) is 7.75. The van der Waals surface area contributed by atoms with Crippen molar-refractivity contribution in [2.75, 3.05) is 31.6 Å². The molecule has 0 atom stereocenters. The van der Waals surface area contributed by atoms with Crippen molar-refractivity contribution in [3.05, 3.63) is 52.1 Å². The number of aryl methyl sites for hydroxylation is 2. The van der Waals surface area contributed by atoms with Crippen molar-refractivity contribution < 1.29 is 19.1 Å². The number of Topliss-reactive ketones (excluding diaryl/α,β-unsaturated/α-hetero) is 1. The Morgan fingerprint density at radius 1 is 1.03 bits per heavy atom. The van der Waals surface area contributed by atoms with Crippen LogP contribution in [0.5, 0.6) is 11.5 Å². The third-order valence-electron chi connectivity index (χ3n) is 5.51. The van der Waals surface area contributed by atoms with Gasteiger partial charge in [0, 0.05) is 23.9 Å². The highest BCUT2D eigenvalue weighted by molar-refractivity contribution is 5.97. The number of nitrogens with one attached hydrogen (secondary N) is 1. The molecule has 0 saturated heterocycles. The van der Waals surface area contributed by atoms with Crippen molar-refractivity contribution >= 4 is 17.4 Å². The lowest BCUT2D eigenvalue weighted by molar-refractivity contribution is -0.117. The van der Waals surface area contributed by atoms with E-state index in [1.165, 1.54) is 0 Å². The molecule has 30 heavy (non-hydrogen) atoms. The fourth-order valence-corrected chi connectivity index (χ4v) is 4.04. The van der Waals surface area contributed by atoms with Crippen molar-refractivity contribution in [3.8, 4) is 11.5 Å². The Morgan fingerprint density at radius 3 is 2.40 bits per heavy atom. The number of amides is 1. The molecule has 0 aliphatic carbocycles. The minimum atomic E-state index is -0.0947. The number of ketones is 1. The lowest BCUT2D eigenvalue weighted by atomic mass is 9.91. The summed E-state index contributed by atoms with van der Waals surface area (Å²) in [6, 6.07) is 7.47. The first-order valence-electron chi connectivity index (χ1n) is 10.3. The molecule has 2 aromatic carbocycles. The molecule has 1 aliphatic heterocycles. The van der Waals surface area contributed by atoms with Gasteiger partial charge < -0.3 is 14.8 Å². The van der Waals surface area contributed by atoms with Crippen LogP contribution in [-0.2, 0) is 11.3 Å². The van der Waals surface area contributed by atoms with E-state index in [1.54, 1.807) is 13.0 Å². The van der Waals surface area contributed by atoms with Gasteiger partial charge in [-0.1, -0.05) is 13.0 Å². The Balaban J connectivity index is 1.71. The van der Waals surface area contributed by atoms with E-state index >= 15 is 0 Å². The molecule has 160 valence electrons. The zero-order chi connectivity index (χ0) is 21.8. The Hall–Kier alpha value is -2.86. The molecular weight excluding hydrogens is 380 g/mol. The molecule has 0 radical (unpaired) electrons. The molecule has 1 N–H and O–H groups in total. The smallest absolute Gasteiger partial charge is 0.238 e. The van der Waals surface area contributed by atoms with Crippen LogP contribution in [0.1, 0.15) is 46.5 Å². The molecule has 1 heterocycles. The predicted molar refractivity (Wildman–Crippen MR) is 118 cm³/mol. The Bertz CT molecular complexity index is 968. The van der Waals surface area contributed by atoms with E-state index < -0.39 is 0 Å². The van der Waals surface area contributed by atoms with Crippen LogP contribution in [0.15, 0.2) is 24.3 Å². The number of anilines is 1. The summed E-state index contributed by atoms with van der Waals surface area (Å²) in [7, 11) is 0. The van der Waals surface area contributed by atoms with Gasteiger partial charge in [-0.15, -0.1) is 0 Å². The fraction of sp³-hybridized carbons (Fsp3) is 0.417. The summed E-state index contributed by atoms with van der Waals surface area (Å²) in [5, 5.41) is 2.94. The van der Waals surface area contributed by atoms with Gasteiger partial charge in [-0.2, -0.15) is 0 Å². The number of nitrogens with zero attached hydrogens (tertiary/aromatic N) is 1. The van der Waals surface area contributed by atoms with Gasteiger partial charge >= 0.3 is 0 Å². The van der Waals surface area contributed by atoms with Gasteiger partial charge in [0.05, 0.1) is 6.54 Å². The highest BCUT2D eigenvalue weighted by Crippen LogP contribution is 2.32. The molecule has 1 amide bonds. The zero-order valence-corrected chi connectivity index (χ0v) is 18.4. The van der Waals surface area contributed by atoms with E-state index in [0.29, 0.717) is 36.9 Å². The van der Waals surface area contributed by atoms with Crippen LogP contribution in [0, 0.1) is 20.8 Å². The number of fused-ring (bicyclic) bond motifs is 1. The second-order valence-electron chi connectivity index (χ2n) is 7.75. The zero-order valence-electron chi connectivity index (χ0n) is 18.4. The van der Waals surface area contributed by atoms with E-state index in [4.69, 9.17) is 9.47 Å². The summed E-state index contributed by atoms with van der Waals surface area (Å²) < 4.78 is 11.1. The summed E-state index contributed by atoms with van der Waals surface area (Å²) in [5.74, 6) is 1.32. The van der Waals surface area contributed by atoms with Gasteiger partial charge in [0.25, 0.3) is 0 Å². The Morgan fingerprint density at radius 2 is 1.73 bits per heavy atom. The number of carbonyl (C=O) groups is 2. The maximum Gasteiger partial charge on any atom is 0.238 e. The van der Waals surface area contributed by atoms with Gasteiger partial charge in [-0.05, 0) is 68.6 Å². The van der Waals surface area contributed by atoms with Crippen LogP contribution < -0.4 is 14.8 Å². The lowest BCUT2D eigenvalue weighted by Crippen LogP contribution is -2.33. The number of ether oxygens (including phenoxy) is 2. The van der Waals surface area contributed by atoms with Crippen molar-refractivity contribution in [1.29, 1.82) is 0 Å². The summed E-state index contributed by atoms with van der Waals surface area (Å²) >= 11 is 0. The topological polar surface area (TPSA) is 67.9 Å². The Labute approximate surface area is 178 Å². The number of likely N-dealkylation sites (N-methyl/N-ethyl adjacent to an activating group) is 1. The molecule has 0 saturated carbocycles. The maximum atomic E-state index is 12.7. The third-order valence-corrected chi connectivity index (χ3v) is 5.51. The average molecular weight is 411 g/mol. The third kappa shape index (κ3) is 4.82. The maximum absolute atomic E-state index is 12.7. The molecule has 6 nitrogen and oxygen atoms in total. The normalized spacial score (nSPS) is 12.7. The summed E-state index contributed by atoms with van der Waals surface area (Å²) in [5.41, 5.74) is 5.72. The number of carbonyl (C=O) groups excluding carboxylic acids is 2. The minimum absolute atomic E-state index is 0.0747. The van der Waals surface area contributed by atoms with Crippen LogP contribution in [0.4, 0.5) is 5.69 Å². The molecule has 0 spiro atoms. The lowest BCUT2D eigenvalue weighted by Gasteiger charge is -2.24. The monoisotopic (exact) mass is 410 g/mol. The molecule has 1 aliphatic rings. The minimum Gasteiger partial charge on any atom is -0.486 e. The fourth-order valence-electron chi connectivity index (χ4n) is 4.04. The molecular formula is C24H30N2O4. The van der Waals surface area contributed by atoms with Gasteiger partial charge in [-0.3, -0.25) is 14.5 Å². The molecule has 6 heteroatoms. The van der Waals surface area contributed by atoms with Gasteiger partial charge in [0.1, 0.15) is 13.2 Å². The van der Waals surface area contributed by atoms with Crippen molar-refractivity contribution in [1.82, 2.24) is 4.90 Å². The van der Waals surface area contributed by atoms with Gasteiger partial charge in [-0.25, -0.2) is 0 Å². The summed E-state index contributed by atoms with van der Waals surface area (Å²) in [4.78, 5) is 26.8. The van der Waals surface area contributed by atoms with Crippen LogP contribution in [0.25, 0.3) is 0 Å². The van der Waals surface area contributed by atoms with E-state index in [9.17, 15) is 9.59 Å². The number of hydrogen-bond acceptors (Lipinski definition) is 5. The van der Waals surface area contributed by atoms with Crippen LogP contribution >= 0.6 is 0 Å². The highest BCUT2D eigenvalue weighted by atomic mass is 16.6. The van der Waals surface area contributed by atoms with Crippen molar-refractivity contribution in [3.63, 3.8) is 0 Å². The molecule has 0 bridgehead atoms. The average Bonchev–Trinajstić information content (AvgIpc) is 2.69. The summed E-state index contributed by atoms with van der Waals surface area (Å²) in [6.07, 6.45) is 0. The first kappa shape index (κ1) is 21.8. The number of benzene rings is 2. The standard InChI is InChI=1S/C24H30N2O4/c1-6-26(13-20-15(2)11-16(3)24(17(20)4)18(5)27)14-23(28)25-19-7-8-21-22(12-19)30-10-9-29-21/h7-8,11-12H,6,9-10,13-14H2,1-5H3,(H,25,28). The summed E-state index contributed by atoms with van der Waals surface area (Å²) in [6.45, 7) is 12.3. The number of rotatable bonds is 7. The molecule has 0 fully saturated rings. The molecule has 0 unspecified atom stereocenters. The van der Waals surface area contributed by atoms with Crippen LogP contribution in [0.3, 0.4) is 0 Å². The van der Waals surface area contributed by atoms with Gasteiger partial charge in [0.2, 0.25) is 5.91 Å². The SMILES string of the molecule is CCN(CC(=O)Nc1ccc2c(c1)OCCO2)Cc1c(C)cc(C)c(C(C)=O)c1C. The van der Waals surface area contributed by atoms with Crippen LogP contribution in [0.2, 0.25) is 0 Å². The van der Waals surface area contributed by atoms with E-state index in [1.807, 2.05) is 32.9 Å². The quantitative estimate of drug-likeness (QED) is 0.698. The Kier molecular flexibility index (Phi) is 6.77. The van der Waals surface area contributed by atoms with Gasteiger partial charge in [0.15, 0.2) is 17.3 Å². The van der Waals surface area contributed by atoms with E-state index in [0.717, 1.165) is 34.4 Å². The molecule has 2 aromatic rings. The van der Waals surface area contributed by atoms with Crippen molar-refractivity contribution in [2.24, 2.45) is 0 Å². The first-order chi connectivity index (χ1) is 14.3. The second kappa shape index (κ2) is 9.30.